The zero-order valence-corrected chi connectivity index (χ0v) is 16.4. The molecular weight excluding hydrogens is 418 g/mol. The van der Waals surface area contributed by atoms with Crippen LogP contribution in [0.25, 0.3) is 0 Å². The fourth-order valence-corrected chi connectivity index (χ4v) is 2.63. The number of nitro groups is 1. The topological polar surface area (TPSA) is 58.7 Å². The van der Waals surface area contributed by atoms with E-state index in [1.165, 1.54) is 12.1 Å². The van der Waals surface area contributed by atoms with Crippen LogP contribution in [0.15, 0.2) is 88.4 Å². The van der Waals surface area contributed by atoms with Crippen molar-refractivity contribution < 1.29 is 4.92 Å². The number of nitrogens with zero attached hydrogens (tertiary/aromatic N) is 3. The molecule has 0 spiro atoms. The summed E-state index contributed by atoms with van der Waals surface area (Å²) in [5.41, 5.74) is 2.67. The number of benzene rings is 3. The van der Waals surface area contributed by atoms with E-state index in [-0.39, 0.29) is 5.69 Å². The molecule has 0 fully saturated rings. The summed E-state index contributed by atoms with van der Waals surface area (Å²) in [4.78, 5) is 10.3. The van der Waals surface area contributed by atoms with Gasteiger partial charge >= 0.3 is 0 Å². The minimum absolute atomic E-state index is 0.0514. The number of nitro benzene ring substituents is 1. The summed E-state index contributed by atoms with van der Waals surface area (Å²) in [7, 11) is 0. The van der Waals surface area contributed by atoms with Gasteiger partial charge in [-0.15, -0.1) is 0 Å². The van der Waals surface area contributed by atoms with Crippen LogP contribution < -0.4 is 5.01 Å². The lowest BCUT2D eigenvalue weighted by Gasteiger charge is -2.15. The van der Waals surface area contributed by atoms with Crippen molar-refractivity contribution in [3.8, 4) is 11.8 Å². The van der Waals surface area contributed by atoms with Crippen molar-refractivity contribution in [3.05, 3.63) is 105 Å². The monoisotopic (exact) mass is 433 g/mol. The molecule has 0 N–H and O–H groups in total. The molecule has 0 amide bonds. The molecule has 0 bridgehead atoms. The van der Waals surface area contributed by atoms with Crippen LogP contribution in [-0.2, 0) is 0 Å². The van der Waals surface area contributed by atoms with Crippen LogP contribution in [0.2, 0.25) is 0 Å². The third-order valence-electron chi connectivity index (χ3n) is 3.81. The van der Waals surface area contributed by atoms with Gasteiger partial charge in [-0.2, -0.15) is 5.10 Å². The van der Waals surface area contributed by atoms with E-state index in [9.17, 15) is 10.1 Å². The van der Waals surface area contributed by atoms with Crippen molar-refractivity contribution in [2.24, 2.45) is 5.10 Å². The lowest BCUT2D eigenvalue weighted by Crippen LogP contribution is -2.16. The van der Waals surface area contributed by atoms with E-state index < -0.39 is 4.92 Å². The molecule has 3 aromatic carbocycles. The Kier molecular flexibility index (Phi) is 6.55. The molecule has 0 aliphatic heterocycles. The van der Waals surface area contributed by atoms with Gasteiger partial charge in [-0.25, -0.2) is 0 Å². The Hall–Kier alpha value is -3.43. The molecule has 0 radical (unpaired) electrons. The maximum Gasteiger partial charge on any atom is 0.269 e. The zero-order chi connectivity index (χ0) is 19.8. The lowest BCUT2D eigenvalue weighted by atomic mass is 10.2. The Morgan fingerprint density at radius 1 is 1.00 bits per heavy atom. The molecular formula is C22H16BrN3O2. The van der Waals surface area contributed by atoms with E-state index in [0.717, 1.165) is 21.3 Å². The van der Waals surface area contributed by atoms with Crippen molar-refractivity contribution >= 4 is 33.5 Å². The fraction of sp³-hybridized carbons (Fsp3) is 0.0455. The zero-order valence-electron chi connectivity index (χ0n) is 14.8. The molecule has 28 heavy (non-hydrogen) atoms. The van der Waals surface area contributed by atoms with E-state index in [2.05, 4.69) is 32.9 Å². The lowest BCUT2D eigenvalue weighted by molar-refractivity contribution is -0.384. The number of hydrogen-bond acceptors (Lipinski definition) is 4. The molecule has 138 valence electrons. The number of rotatable bonds is 5. The van der Waals surface area contributed by atoms with Gasteiger partial charge in [0.05, 0.1) is 16.8 Å². The van der Waals surface area contributed by atoms with Crippen molar-refractivity contribution in [1.82, 2.24) is 0 Å². The summed E-state index contributed by atoms with van der Waals surface area (Å²) in [6.07, 6.45) is 1.78. The highest BCUT2D eigenvalue weighted by molar-refractivity contribution is 9.10. The van der Waals surface area contributed by atoms with Crippen LogP contribution in [0.5, 0.6) is 0 Å². The second-order valence-corrected chi connectivity index (χ2v) is 6.71. The van der Waals surface area contributed by atoms with Gasteiger partial charge in [-0.1, -0.05) is 58.1 Å². The summed E-state index contributed by atoms with van der Waals surface area (Å²) in [5.74, 6) is 6.10. The first kappa shape index (κ1) is 19.3. The summed E-state index contributed by atoms with van der Waals surface area (Å²) in [6.45, 7) is 0.383. The highest BCUT2D eigenvalue weighted by atomic mass is 79.9. The normalized spacial score (nSPS) is 10.3. The van der Waals surface area contributed by atoms with Crippen LogP contribution in [0.3, 0.4) is 0 Å². The summed E-state index contributed by atoms with van der Waals surface area (Å²) in [6, 6.07) is 23.8. The number of non-ortho nitro benzene ring substituents is 1. The largest absolute Gasteiger partial charge is 0.269 e. The molecule has 0 aliphatic rings. The van der Waals surface area contributed by atoms with Crippen LogP contribution in [0.4, 0.5) is 11.4 Å². The molecule has 3 aromatic rings. The van der Waals surface area contributed by atoms with Crippen molar-refractivity contribution in [3.63, 3.8) is 0 Å². The van der Waals surface area contributed by atoms with E-state index in [1.807, 2.05) is 54.6 Å². The number of hydrogen-bond donors (Lipinski definition) is 0. The van der Waals surface area contributed by atoms with E-state index >= 15 is 0 Å². The predicted octanol–water partition coefficient (Wildman–Crippen LogP) is 5.25. The van der Waals surface area contributed by atoms with Gasteiger partial charge in [-0.3, -0.25) is 15.1 Å². The van der Waals surface area contributed by atoms with Gasteiger partial charge in [0.2, 0.25) is 0 Å². The van der Waals surface area contributed by atoms with E-state index in [1.54, 1.807) is 23.4 Å². The Balaban J connectivity index is 1.76. The number of para-hydroxylation sites is 1. The third-order valence-corrected chi connectivity index (χ3v) is 4.34. The average molecular weight is 434 g/mol. The quantitative estimate of drug-likeness (QED) is 0.239. The number of hydrazone groups is 1. The van der Waals surface area contributed by atoms with Crippen LogP contribution in [0, 0.1) is 22.0 Å². The van der Waals surface area contributed by atoms with Gasteiger partial charge in [0.25, 0.3) is 5.69 Å². The van der Waals surface area contributed by atoms with Gasteiger partial charge in [0.15, 0.2) is 0 Å². The SMILES string of the molecule is O=[N+]([O-])c1ccc(C#CCN(/N=C/c2ccc(Br)cc2)c2ccccc2)cc1. The molecule has 0 aromatic heterocycles. The first-order valence-corrected chi connectivity index (χ1v) is 9.26. The number of halogens is 1. The first-order valence-electron chi connectivity index (χ1n) is 8.47. The minimum Gasteiger partial charge on any atom is -0.258 e. The Morgan fingerprint density at radius 2 is 1.68 bits per heavy atom. The summed E-state index contributed by atoms with van der Waals surface area (Å²) >= 11 is 3.42. The van der Waals surface area contributed by atoms with Gasteiger partial charge in [-0.05, 0) is 42.0 Å². The molecule has 0 saturated carbocycles. The Morgan fingerprint density at radius 3 is 2.32 bits per heavy atom. The Labute approximate surface area is 171 Å². The van der Waals surface area contributed by atoms with Crippen LogP contribution >= 0.6 is 15.9 Å². The highest BCUT2D eigenvalue weighted by Crippen LogP contribution is 2.15. The second kappa shape index (κ2) is 9.49. The smallest absolute Gasteiger partial charge is 0.258 e. The molecule has 6 heteroatoms. The predicted molar refractivity (Wildman–Crippen MR) is 115 cm³/mol. The maximum absolute atomic E-state index is 10.7. The standard InChI is InChI=1S/C22H16BrN3O2/c23-20-12-8-19(9-13-20)17-24-25(21-6-2-1-3-7-21)16-4-5-18-10-14-22(15-11-18)26(27)28/h1-3,6-15,17H,16H2/b24-17+. The molecule has 5 nitrogen and oxygen atoms in total. The first-order chi connectivity index (χ1) is 13.6. The van der Waals surface area contributed by atoms with Crippen LogP contribution in [-0.4, -0.2) is 17.7 Å². The maximum atomic E-state index is 10.7. The summed E-state index contributed by atoms with van der Waals surface area (Å²) < 4.78 is 1.01. The molecule has 0 unspecified atom stereocenters. The minimum atomic E-state index is -0.425. The molecule has 0 atom stereocenters. The van der Waals surface area contributed by atoms with Crippen LogP contribution in [0.1, 0.15) is 11.1 Å². The molecule has 0 heterocycles. The van der Waals surface area contributed by atoms with Crippen molar-refractivity contribution in [2.45, 2.75) is 0 Å². The molecule has 0 aliphatic carbocycles. The highest BCUT2D eigenvalue weighted by Gasteiger charge is 2.03. The number of anilines is 1. The molecule has 0 saturated heterocycles. The van der Waals surface area contributed by atoms with Gasteiger partial charge in [0, 0.05) is 22.2 Å². The fourth-order valence-electron chi connectivity index (χ4n) is 2.37. The average Bonchev–Trinajstić information content (AvgIpc) is 2.72. The third kappa shape index (κ3) is 5.53. The van der Waals surface area contributed by atoms with E-state index in [0.29, 0.717) is 6.54 Å². The van der Waals surface area contributed by atoms with Gasteiger partial charge in [0.1, 0.15) is 6.54 Å². The summed E-state index contributed by atoms with van der Waals surface area (Å²) in [5, 5.41) is 17.1. The van der Waals surface area contributed by atoms with Crippen molar-refractivity contribution in [1.29, 1.82) is 0 Å². The Bertz CT molecular complexity index is 1020. The van der Waals surface area contributed by atoms with Crippen molar-refractivity contribution in [2.75, 3.05) is 11.6 Å². The molecule has 3 rings (SSSR count). The van der Waals surface area contributed by atoms with Gasteiger partial charge < -0.3 is 0 Å². The van der Waals surface area contributed by atoms with E-state index in [4.69, 9.17) is 0 Å². The second-order valence-electron chi connectivity index (χ2n) is 5.80.